The molecule has 0 aliphatic rings. The van der Waals surface area contributed by atoms with Crippen molar-refractivity contribution in [2.24, 2.45) is 5.92 Å². The molecule has 0 radical (unpaired) electrons. The first-order valence-corrected chi connectivity index (χ1v) is 5.30. The number of unbranched alkanes of at least 4 members (excludes halogenated alkanes) is 1. The lowest BCUT2D eigenvalue weighted by Gasteiger charge is -2.13. The zero-order valence-corrected chi connectivity index (χ0v) is 9.76. The van der Waals surface area contributed by atoms with Gasteiger partial charge in [0.05, 0.1) is 12.5 Å². The highest BCUT2D eigenvalue weighted by molar-refractivity contribution is 5.82. The monoisotopic (exact) mass is 255 g/mol. The van der Waals surface area contributed by atoms with E-state index in [9.17, 15) is 22.8 Å². The Hall–Kier alpha value is -1.27. The number of esters is 1. The molecule has 0 rings (SSSR count). The van der Waals surface area contributed by atoms with Crippen molar-refractivity contribution in [3.63, 3.8) is 0 Å². The number of rotatable bonds is 6. The van der Waals surface area contributed by atoms with Gasteiger partial charge in [-0.15, -0.1) is 0 Å². The van der Waals surface area contributed by atoms with Gasteiger partial charge in [-0.2, -0.15) is 13.2 Å². The maximum atomic E-state index is 11.8. The van der Waals surface area contributed by atoms with Gasteiger partial charge in [-0.3, -0.25) is 9.59 Å². The lowest BCUT2D eigenvalue weighted by molar-refractivity contribution is -0.174. The van der Waals surface area contributed by atoms with Crippen molar-refractivity contribution in [1.29, 1.82) is 0 Å². The van der Waals surface area contributed by atoms with Crippen LogP contribution in [0.4, 0.5) is 13.2 Å². The van der Waals surface area contributed by atoms with Crippen molar-refractivity contribution in [1.82, 2.24) is 5.32 Å². The molecule has 0 bridgehead atoms. The van der Waals surface area contributed by atoms with E-state index in [0.717, 1.165) is 6.42 Å². The summed E-state index contributed by atoms with van der Waals surface area (Å²) in [5.41, 5.74) is 0. The van der Waals surface area contributed by atoms with Gasteiger partial charge in [-0.05, 0) is 6.42 Å². The van der Waals surface area contributed by atoms with E-state index in [1.165, 1.54) is 6.92 Å². The standard InChI is InChI=1S/C10H16F3NO3/c1-3-4-5-17-8(15)7(2)6-14-9(16)10(11,12)13/h7H,3-6H2,1-2H3,(H,14,16). The number of carbonyl (C=O) groups is 2. The van der Waals surface area contributed by atoms with E-state index < -0.39 is 24.0 Å². The van der Waals surface area contributed by atoms with Crippen LogP contribution in [-0.4, -0.2) is 31.2 Å². The van der Waals surface area contributed by atoms with Gasteiger partial charge in [0, 0.05) is 6.54 Å². The molecule has 0 aromatic rings. The van der Waals surface area contributed by atoms with Gasteiger partial charge in [0.2, 0.25) is 0 Å². The Kier molecular flexibility index (Phi) is 6.60. The molecule has 0 aliphatic heterocycles. The minimum Gasteiger partial charge on any atom is -0.465 e. The molecule has 1 amide bonds. The van der Waals surface area contributed by atoms with Crippen molar-refractivity contribution in [3.8, 4) is 0 Å². The number of hydrogen-bond acceptors (Lipinski definition) is 3. The fourth-order valence-electron chi connectivity index (χ4n) is 0.889. The molecule has 0 saturated heterocycles. The number of alkyl halides is 3. The molecule has 4 nitrogen and oxygen atoms in total. The van der Waals surface area contributed by atoms with Crippen LogP contribution in [0.15, 0.2) is 0 Å². The summed E-state index contributed by atoms with van der Waals surface area (Å²) in [6, 6.07) is 0. The molecule has 7 heteroatoms. The third kappa shape index (κ3) is 6.80. The topological polar surface area (TPSA) is 55.4 Å². The fourth-order valence-corrected chi connectivity index (χ4v) is 0.889. The van der Waals surface area contributed by atoms with Crippen LogP contribution in [0.2, 0.25) is 0 Å². The summed E-state index contributed by atoms with van der Waals surface area (Å²) in [6.07, 6.45) is -3.37. The second-order valence-electron chi connectivity index (χ2n) is 3.63. The van der Waals surface area contributed by atoms with Crippen molar-refractivity contribution in [2.45, 2.75) is 32.9 Å². The minimum atomic E-state index is -4.92. The maximum absolute atomic E-state index is 11.8. The highest BCUT2D eigenvalue weighted by atomic mass is 19.4. The number of hydrogen-bond donors (Lipinski definition) is 1. The number of ether oxygens (including phenoxy) is 1. The zero-order chi connectivity index (χ0) is 13.5. The summed E-state index contributed by atoms with van der Waals surface area (Å²) in [5.74, 6) is -3.45. The zero-order valence-electron chi connectivity index (χ0n) is 9.76. The predicted molar refractivity (Wildman–Crippen MR) is 54.1 cm³/mol. The minimum absolute atomic E-state index is 0.243. The molecule has 0 spiro atoms. The van der Waals surface area contributed by atoms with Gasteiger partial charge in [-0.1, -0.05) is 20.3 Å². The van der Waals surface area contributed by atoms with Crippen molar-refractivity contribution in [3.05, 3.63) is 0 Å². The molecule has 0 heterocycles. The molecular weight excluding hydrogens is 239 g/mol. The number of halogens is 3. The van der Waals surface area contributed by atoms with Crippen LogP contribution >= 0.6 is 0 Å². The van der Waals surface area contributed by atoms with Gasteiger partial charge in [-0.25, -0.2) is 0 Å². The normalized spacial score (nSPS) is 13.0. The van der Waals surface area contributed by atoms with Crippen LogP contribution in [0.25, 0.3) is 0 Å². The maximum Gasteiger partial charge on any atom is 0.471 e. The number of carbonyl (C=O) groups excluding carboxylic acids is 2. The lowest BCUT2D eigenvalue weighted by Crippen LogP contribution is -2.40. The number of nitrogens with one attached hydrogen (secondary N) is 1. The van der Waals surface area contributed by atoms with Crippen LogP contribution < -0.4 is 5.32 Å². The quantitative estimate of drug-likeness (QED) is 0.580. The van der Waals surface area contributed by atoms with Gasteiger partial charge < -0.3 is 10.1 Å². The summed E-state index contributed by atoms with van der Waals surface area (Å²) < 4.78 is 40.3. The third-order valence-electron chi connectivity index (χ3n) is 1.97. The summed E-state index contributed by atoms with van der Waals surface area (Å²) in [6.45, 7) is 3.17. The Bertz CT molecular complexity index is 266. The first-order chi connectivity index (χ1) is 7.79. The molecule has 0 aromatic carbocycles. The molecule has 1 unspecified atom stereocenters. The van der Waals surface area contributed by atoms with Crippen LogP contribution in [0.1, 0.15) is 26.7 Å². The Balaban J connectivity index is 3.89. The molecule has 17 heavy (non-hydrogen) atoms. The van der Waals surface area contributed by atoms with E-state index in [1.807, 2.05) is 6.92 Å². The van der Waals surface area contributed by atoms with Gasteiger partial charge >= 0.3 is 18.1 Å². The van der Waals surface area contributed by atoms with Crippen LogP contribution in [0.3, 0.4) is 0 Å². The summed E-state index contributed by atoms with van der Waals surface area (Å²) in [4.78, 5) is 21.7. The van der Waals surface area contributed by atoms with Crippen molar-refractivity contribution < 1.29 is 27.5 Å². The highest BCUT2D eigenvalue weighted by Gasteiger charge is 2.38. The Morgan fingerprint density at radius 2 is 1.94 bits per heavy atom. The van der Waals surface area contributed by atoms with Crippen molar-refractivity contribution >= 4 is 11.9 Å². The van der Waals surface area contributed by atoms with Crippen LogP contribution in [0, 0.1) is 5.92 Å². The molecule has 0 aliphatic carbocycles. The third-order valence-corrected chi connectivity index (χ3v) is 1.97. The Morgan fingerprint density at radius 1 is 1.35 bits per heavy atom. The van der Waals surface area contributed by atoms with Gasteiger partial charge in [0.25, 0.3) is 0 Å². The second-order valence-corrected chi connectivity index (χ2v) is 3.63. The fraction of sp³-hybridized carbons (Fsp3) is 0.800. The average Bonchev–Trinajstić information content (AvgIpc) is 2.24. The molecule has 1 N–H and O–H groups in total. The van der Waals surface area contributed by atoms with Crippen molar-refractivity contribution in [2.75, 3.05) is 13.2 Å². The first-order valence-electron chi connectivity index (χ1n) is 5.30. The van der Waals surface area contributed by atoms with E-state index in [1.54, 1.807) is 5.32 Å². The smallest absolute Gasteiger partial charge is 0.465 e. The van der Waals surface area contributed by atoms with E-state index >= 15 is 0 Å². The van der Waals surface area contributed by atoms with Gasteiger partial charge in [0.15, 0.2) is 0 Å². The first kappa shape index (κ1) is 15.7. The van der Waals surface area contributed by atoms with Crippen LogP contribution in [-0.2, 0) is 14.3 Å². The highest BCUT2D eigenvalue weighted by Crippen LogP contribution is 2.14. The SMILES string of the molecule is CCCCOC(=O)C(C)CNC(=O)C(F)(F)F. The molecule has 1 atom stereocenters. The summed E-state index contributed by atoms with van der Waals surface area (Å²) in [5, 5.41) is 1.63. The van der Waals surface area contributed by atoms with E-state index in [-0.39, 0.29) is 13.2 Å². The molecule has 0 aromatic heterocycles. The number of amides is 1. The molecule has 100 valence electrons. The van der Waals surface area contributed by atoms with E-state index in [0.29, 0.717) is 6.42 Å². The molecule has 0 fully saturated rings. The second kappa shape index (κ2) is 7.13. The van der Waals surface area contributed by atoms with E-state index in [4.69, 9.17) is 4.74 Å². The largest absolute Gasteiger partial charge is 0.471 e. The Morgan fingerprint density at radius 3 is 2.41 bits per heavy atom. The molecular formula is C10H16F3NO3. The summed E-state index contributed by atoms with van der Waals surface area (Å²) >= 11 is 0. The van der Waals surface area contributed by atoms with E-state index in [2.05, 4.69) is 0 Å². The average molecular weight is 255 g/mol. The molecule has 0 saturated carbocycles. The van der Waals surface area contributed by atoms with Crippen LogP contribution in [0.5, 0.6) is 0 Å². The van der Waals surface area contributed by atoms with Gasteiger partial charge in [0.1, 0.15) is 0 Å². The summed E-state index contributed by atoms with van der Waals surface area (Å²) in [7, 11) is 0. The predicted octanol–water partition coefficient (Wildman–Crippen LogP) is 1.64. The Labute approximate surface area is 97.5 Å². The lowest BCUT2D eigenvalue weighted by atomic mass is 10.2.